The molecule has 24 heavy (non-hydrogen) atoms. The smallest absolute Gasteiger partial charge is 0.330 e. The molecule has 1 aromatic carbocycles. The number of carbonyl (C=O) groups is 1. The molecule has 0 amide bonds. The summed E-state index contributed by atoms with van der Waals surface area (Å²) in [7, 11) is 0. The van der Waals surface area contributed by atoms with Gasteiger partial charge in [-0.05, 0) is 51.5 Å². The molecule has 0 spiro atoms. The van der Waals surface area contributed by atoms with E-state index in [-0.39, 0.29) is 5.97 Å². The fourth-order valence-corrected chi connectivity index (χ4v) is 2.08. The summed E-state index contributed by atoms with van der Waals surface area (Å²) in [6.45, 7) is 8.34. The molecule has 2 aromatic rings. The van der Waals surface area contributed by atoms with Gasteiger partial charge in [0.1, 0.15) is 12.4 Å². The Morgan fingerprint density at radius 3 is 2.38 bits per heavy atom. The second-order valence-corrected chi connectivity index (χ2v) is 5.37. The molecule has 1 heterocycles. The predicted octanol–water partition coefficient (Wildman–Crippen LogP) is 3.56. The largest absolute Gasteiger partial charge is 0.487 e. The normalized spacial score (nSPS) is 10.8. The number of carbonyl (C=O) groups excluding carboxylic acids is 1. The number of esters is 1. The van der Waals surface area contributed by atoms with Crippen molar-refractivity contribution in [2.24, 2.45) is 0 Å². The van der Waals surface area contributed by atoms with Gasteiger partial charge in [0.15, 0.2) is 0 Å². The molecule has 0 saturated carbocycles. The summed E-state index contributed by atoms with van der Waals surface area (Å²) >= 11 is 0. The van der Waals surface area contributed by atoms with Gasteiger partial charge in [0, 0.05) is 6.08 Å². The maximum absolute atomic E-state index is 11.3. The van der Waals surface area contributed by atoms with Gasteiger partial charge in [0.2, 0.25) is 0 Å². The average Bonchev–Trinajstić information content (AvgIpc) is 2.56. The third-order valence-corrected chi connectivity index (χ3v) is 3.53. The Bertz CT molecular complexity index is 737. The maximum atomic E-state index is 11.3. The molecule has 0 N–H and O–H groups in total. The van der Waals surface area contributed by atoms with E-state index in [0.29, 0.717) is 13.2 Å². The lowest BCUT2D eigenvalue weighted by molar-refractivity contribution is -0.137. The SMILES string of the molecule is CCOC(=O)/C=C\c1ccc(OCc2nc(C)c(C)nc2C)cc1. The Balaban J connectivity index is 1.97. The van der Waals surface area contributed by atoms with Gasteiger partial charge in [-0.3, -0.25) is 9.97 Å². The van der Waals surface area contributed by atoms with Crippen LogP contribution in [-0.4, -0.2) is 22.5 Å². The fraction of sp³-hybridized carbons (Fsp3) is 0.316. The summed E-state index contributed by atoms with van der Waals surface area (Å²) in [5, 5.41) is 0. The third kappa shape index (κ3) is 4.91. The van der Waals surface area contributed by atoms with Crippen molar-refractivity contribution in [3.05, 3.63) is 58.7 Å². The Morgan fingerprint density at radius 1 is 1.04 bits per heavy atom. The van der Waals surface area contributed by atoms with Crippen molar-refractivity contribution in [3.63, 3.8) is 0 Å². The van der Waals surface area contributed by atoms with Crippen LogP contribution in [0.25, 0.3) is 6.08 Å². The van der Waals surface area contributed by atoms with Crippen molar-refractivity contribution in [2.45, 2.75) is 34.3 Å². The highest BCUT2D eigenvalue weighted by atomic mass is 16.5. The van der Waals surface area contributed by atoms with Crippen LogP contribution in [0.15, 0.2) is 30.3 Å². The van der Waals surface area contributed by atoms with Crippen LogP contribution in [0.5, 0.6) is 5.75 Å². The van der Waals surface area contributed by atoms with Crippen LogP contribution in [0.4, 0.5) is 0 Å². The van der Waals surface area contributed by atoms with Crippen LogP contribution >= 0.6 is 0 Å². The van der Waals surface area contributed by atoms with Gasteiger partial charge < -0.3 is 9.47 Å². The Hall–Kier alpha value is -2.69. The molecule has 0 aliphatic rings. The standard InChI is InChI=1S/C19H22N2O3/c1-5-23-19(22)11-8-16-6-9-17(10-7-16)24-12-18-15(4)20-13(2)14(3)21-18/h6-11H,5,12H2,1-4H3/b11-8-. The summed E-state index contributed by atoms with van der Waals surface area (Å²) in [6, 6.07) is 7.47. The van der Waals surface area contributed by atoms with E-state index >= 15 is 0 Å². The molecule has 2 rings (SSSR count). The van der Waals surface area contributed by atoms with Crippen LogP contribution in [0.2, 0.25) is 0 Å². The van der Waals surface area contributed by atoms with Gasteiger partial charge in [-0.15, -0.1) is 0 Å². The van der Waals surface area contributed by atoms with E-state index in [4.69, 9.17) is 9.47 Å². The van der Waals surface area contributed by atoms with E-state index in [1.165, 1.54) is 6.08 Å². The van der Waals surface area contributed by atoms with Crippen LogP contribution in [0.3, 0.4) is 0 Å². The summed E-state index contributed by atoms with van der Waals surface area (Å²) in [5.74, 6) is 0.393. The number of aromatic nitrogens is 2. The molecule has 0 aliphatic carbocycles. The molecule has 1 aromatic heterocycles. The first kappa shape index (κ1) is 17.7. The molecule has 126 valence electrons. The first-order valence-corrected chi connectivity index (χ1v) is 7.88. The van der Waals surface area contributed by atoms with Crippen molar-refractivity contribution >= 4 is 12.0 Å². The quantitative estimate of drug-likeness (QED) is 0.600. The van der Waals surface area contributed by atoms with E-state index in [0.717, 1.165) is 34.1 Å². The lowest BCUT2D eigenvalue weighted by Crippen LogP contribution is -2.06. The van der Waals surface area contributed by atoms with E-state index in [9.17, 15) is 4.79 Å². The second-order valence-electron chi connectivity index (χ2n) is 5.37. The molecule has 0 fully saturated rings. The zero-order valence-corrected chi connectivity index (χ0v) is 14.5. The Kier molecular flexibility index (Phi) is 6.07. The molecule has 5 nitrogen and oxygen atoms in total. The van der Waals surface area contributed by atoms with Crippen molar-refractivity contribution in [1.29, 1.82) is 0 Å². The molecule has 0 atom stereocenters. The zero-order valence-electron chi connectivity index (χ0n) is 14.5. The minimum atomic E-state index is -0.346. The second kappa shape index (κ2) is 8.24. The number of benzene rings is 1. The van der Waals surface area contributed by atoms with E-state index in [1.54, 1.807) is 13.0 Å². The van der Waals surface area contributed by atoms with Crippen molar-refractivity contribution in [3.8, 4) is 5.75 Å². The lowest BCUT2D eigenvalue weighted by atomic mass is 10.2. The van der Waals surface area contributed by atoms with Crippen LogP contribution in [0.1, 0.15) is 35.3 Å². The molecular formula is C19H22N2O3. The topological polar surface area (TPSA) is 61.3 Å². The number of nitrogens with zero attached hydrogens (tertiary/aromatic N) is 2. The monoisotopic (exact) mass is 326 g/mol. The molecule has 0 unspecified atom stereocenters. The molecular weight excluding hydrogens is 304 g/mol. The maximum Gasteiger partial charge on any atom is 0.330 e. The van der Waals surface area contributed by atoms with Gasteiger partial charge in [-0.2, -0.15) is 0 Å². The van der Waals surface area contributed by atoms with E-state index in [2.05, 4.69) is 9.97 Å². The first-order valence-electron chi connectivity index (χ1n) is 7.88. The summed E-state index contributed by atoms with van der Waals surface area (Å²) in [5.41, 5.74) is 4.47. The minimum absolute atomic E-state index is 0.346. The van der Waals surface area contributed by atoms with Gasteiger partial charge in [-0.1, -0.05) is 12.1 Å². The van der Waals surface area contributed by atoms with Crippen LogP contribution in [0, 0.1) is 20.8 Å². The Morgan fingerprint density at radius 2 is 1.71 bits per heavy atom. The van der Waals surface area contributed by atoms with E-state index < -0.39 is 0 Å². The number of ether oxygens (including phenoxy) is 2. The first-order chi connectivity index (χ1) is 11.5. The molecule has 0 radical (unpaired) electrons. The minimum Gasteiger partial charge on any atom is -0.487 e. The average molecular weight is 326 g/mol. The summed E-state index contributed by atoms with van der Waals surface area (Å²) in [4.78, 5) is 20.3. The highest BCUT2D eigenvalue weighted by Gasteiger charge is 2.06. The summed E-state index contributed by atoms with van der Waals surface area (Å²) in [6.07, 6.45) is 3.12. The molecule has 0 aliphatic heterocycles. The van der Waals surface area contributed by atoms with E-state index in [1.807, 2.05) is 45.0 Å². The lowest BCUT2D eigenvalue weighted by Gasteiger charge is -2.10. The Labute approximate surface area is 142 Å². The zero-order chi connectivity index (χ0) is 17.5. The third-order valence-electron chi connectivity index (χ3n) is 3.53. The number of aryl methyl sites for hydroxylation is 3. The van der Waals surface area contributed by atoms with Crippen molar-refractivity contribution in [2.75, 3.05) is 6.61 Å². The highest BCUT2D eigenvalue weighted by Crippen LogP contribution is 2.16. The number of hydrogen-bond acceptors (Lipinski definition) is 5. The fourth-order valence-electron chi connectivity index (χ4n) is 2.08. The molecule has 0 saturated heterocycles. The van der Waals surface area contributed by atoms with Gasteiger partial charge in [0.25, 0.3) is 0 Å². The summed E-state index contributed by atoms with van der Waals surface area (Å²) < 4.78 is 10.6. The number of hydrogen-bond donors (Lipinski definition) is 0. The van der Waals surface area contributed by atoms with Crippen molar-refractivity contribution < 1.29 is 14.3 Å². The van der Waals surface area contributed by atoms with Gasteiger partial charge in [0.05, 0.1) is 29.4 Å². The molecule has 0 bridgehead atoms. The van der Waals surface area contributed by atoms with Crippen molar-refractivity contribution in [1.82, 2.24) is 9.97 Å². The number of rotatable bonds is 6. The van der Waals surface area contributed by atoms with Gasteiger partial charge in [-0.25, -0.2) is 4.79 Å². The highest BCUT2D eigenvalue weighted by molar-refractivity contribution is 5.87. The van der Waals surface area contributed by atoms with Crippen LogP contribution < -0.4 is 4.74 Å². The van der Waals surface area contributed by atoms with Crippen LogP contribution in [-0.2, 0) is 16.1 Å². The molecule has 5 heteroatoms. The predicted molar refractivity (Wildman–Crippen MR) is 92.7 cm³/mol. The van der Waals surface area contributed by atoms with Gasteiger partial charge >= 0.3 is 5.97 Å².